The standard InChI is InChI=1S/C41H48N8O6/c1-22(44-40(52)54-3)38(50)48-17-5-7-32(48)36-42-20-30(46-36)25-11-9-24(10-12-25)28-15-16-29(35-27-14-13-26(19-27)34(28)35)31-21-43-37(47-31)33-8-6-18-49(33)39(51)23(2)45-41(53)55-4/h9-12,15-16,20-23,26-27,32-33H,5-8,13-14,17-19H2,1-4H3,(H,42,46)(H,43,47)(H,44,52)(H,45,53)/t22-,23+,26?,27?,32?,33?/m1/s1. The van der Waals surface area contributed by atoms with Crippen molar-refractivity contribution in [2.24, 2.45) is 0 Å². The molecule has 2 saturated heterocycles. The van der Waals surface area contributed by atoms with Crippen molar-refractivity contribution in [1.29, 1.82) is 0 Å². The van der Waals surface area contributed by atoms with Gasteiger partial charge in [0, 0.05) is 18.7 Å². The molecule has 4 N–H and O–H groups in total. The van der Waals surface area contributed by atoms with Gasteiger partial charge in [-0.25, -0.2) is 19.6 Å². The molecule has 2 aromatic heterocycles. The Balaban J connectivity index is 1.01. The van der Waals surface area contributed by atoms with Gasteiger partial charge >= 0.3 is 12.2 Å². The van der Waals surface area contributed by atoms with Crippen LogP contribution in [0.5, 0.6) is 0 Å². The first-order valence-electron chi connectivity index (χ1n) is 19.3. The first kappa shape index (κ1) is 36.3. The van der Waals surface area contributed by atoms with Gasteiger partial charge in [-0.15, -0.1) is 0 Å². The molecule has 6 atom stereocenters. The minimum atomic E-state index is -0.703. The van der Waals surface area contributed by atoms with E-state index in [1.807, 2.05) is 17.3 Å². The molecule has 2 aliphatic carbocycles. The van der Waals surface area contributed by atoms with Crippen molar-refractivity contribution in [3.8, 4) is 33.6 Å². The van der Waals surface area contributed by atoms with Gasteiger partial charge in [-0.05, 0) is 98.4 Å². The number of alkyl carbamates (subject to hydrolysis) is 2. The number of carbonyl (C=O) groups excluding carboxylic acids is 4. The minimum Gasteiger partial charge on any atom is -0.453 e. The highest BCUT2D eigenvalue weighted by atomic mass is 16.5. The lowest BCUT2D eigenvalue weighted by atomic mass is 9.82. The van der Waals surface area contributed by atoms with Gasteiger partial charge in [-0.1, -0.05) is 36.4 Å². The normalized spacial score (nSPS) is 22.3. The van der Waals surface area contributed by atoms with Crippen molar-refractivity contribution in [3.05, 3.63) is 71.6 Å². The number of fused-ring (bicyclic) bond motifs is 5. The van der Waals surface area contributed by atoms with Crippen LogP contribution in [-0.4, -0.2) is 93.1 Å². The third-order valence-electron chi connectivity index (χ3n) is 12.0. The van der Waals surface area contributed by atoms with Gasteiger partial charge in [0.25, 0.3) is 0 Å². The van der Waals surface area contributed by atoms with E-state index in [0.29, 0.717) is 24.9 Å². The molecule has 14 nitrogen and oxygen atoms in total. The molecule has 0 spiro atoms. The number of aromatic amines is 2. The van der Waals surface area contributed by atoms with Gasteiger partial charge in [0.1, 0.15) is 23.7 Å². The fourth-order valence-corrected chi connectivity index (χ4v) is 9.36. The van der Waals surface area contributed by atoms with Crippen LogP contribution in [-0.2, 0) is 19.1 Å². The van der Waals surface area contributed by atoms with Crippen molar-refractivity contribution >= 4 is 24.0 Å². The van der Waals surface area contributed by atoms with Gasteiger partial charge in [-0.3, -0.25) is 9.59 Å². The lowest BCUT2D eigenvalue weighted by Gasteiger charge is -2.26. The number of hydrogen-bond acceptors (Lipinski definition) is 8. The summed E-state index contributed by atoms with van der Waals surface area (Å²) in [6.07, 6.45) is 9.30. The summed E-state index contributed by atoms with van der Waals surface area (Å²) in [6, 6.07) is 11.3. The van der Waals surface area contributed by atoms with Crippen molar-refractivity contribution in [3.63, 3.8) is 0 Å². The van der Waals surface area contributed by atoms with Gasteiger partial charge in [0.05, 0.1) is 50.1 Å². The van der Waals surface area contributed by atoms with Crippen LogP contribution in [0.25, 0.3) is 33.6 Å². The Bertz CT molecular complexity index is 2110. The molecule has 288 valence electrons. The van der Waals surface area contributed by atoms with Gasteiger partial charge in [-0.2, -0.15) is 0 Å². The molecule has 1 saturated carbocycles. The largest absolute Gasteiger partial charge is 0.453 e. The van der Waals surface area contributed by atoms with Crippen LogP contribution in [0, 0.1) is 0 Å². The Labute approximate surface area is 319 Å². The fourth-order valence-electron chi connectivity index (χ4n) is 9.36. The molecule has 4 aliphatic rings. The van der Waals surface area contributed by atoms with Crippen LogP contribution in [0.15, 0.2) is 48.8 Å². The SMILES string of the molecule is COC(=O)N[C@@H](C)C(=O)N1CCCC1c1ncc(-c2ccc(-c3ccc(-c4cnc(C5CCCN5C(=O)[C@@H](C)NC(=O)OC)[nH]4)cc3)c3c2C2CCC3C2)[nH]1. The number of H-pyrrole nitrogens is 2. The van der Waals surface area contributed by atoms with Crippen molar-refractivity contribution in [2.45, 2.75) is 94.8 Å². The maximum atomic E-state index is 13.3. The minimum absolute atomic E-state index is 0.152. The number of ether oxygens (including phenoxy) is 2. The maximum Gasteiger partial charge on any atom is 0.407 e. The van der Waals surface area contributed by atoms with Gasteiger partial charge in [0.15, 0.2) is 0 Å². The zero-order chi connectivity index (χ0) is 38.4. The van der Waals surface area contributed by atoms with E-state index in [1.165, 1.54) is 54.9 Å². The quantitative estimate of drug-likeness (QED) is 0.154. The predicted molar refractivity (Wildman–Crippen MR) is 204 cm³/mol. The lowest BCUT2D eigenvalue weighted by molar-refractivity contribution is -0.134. The number of aromatic nitrogens is 4. The van der Waals surface area contributed by atoms with Crippen LogP contribution < -0.4 is 10.6 Å². The van der Waals surface area contributed by atoms with E-state index in [0.717, 1.165) is 60.7 Å². The van der Waals surface area contributed by atoms with E-state index in [2.05, 4.69) is 66.7 Å². The molecule has 4 unspecified atom stereocenters. The van der Waals surface area contributed by atoms with Crippen LogP contribution in [0.4, 0.5) is 9.59 Å². The van der Waals surface area contributed by atoms with Gasteiger partial charge in [0.2, 0.25) is 11.8 Å². The Hall–Kier alpha value is -5.66. The third kappa shape index (κ3) is 6.71. The van der Waals surface area contributed by atoms with Crippen LogP contribution >= 0.6 is 0 Å². The number of methoxy groups -OCH3 is 2. The number of benzene rings is 2. The first-order chi connectivity index (χ1) is 26.6. The molecule has 4 aromatic rings. The summed E-state index contributed by atoms with van der Waals surface area (Å²) < 4.78 is 9.36. The van der Waals surface area contributed by atoms with E-state index in [1.54, 1.807) is 18.7 Å². The Morgan fingerprint density at radius 3 is 1.69 bits per heavy atom. The summed E-state index contributed by atoms with van der Waals surface area (Å²) >= 11 is 0. The number of likely N-dealkylation sites (tertiary alicyclic amines) is 2. The first-order valence-corrected chi connectivity index (χ1v) is 19.3. The highest BCUT2D eigenvalue weighted by Crippen LogP contribution is 2.58. The smallest absolute Gasteiger partial charge is 0.407 e. The molecule has 4 heterocycles. The molecule has 2 bridgehead atoms. The van der Waals surface area contributed by atoms with E-state index < -0.39 is 24.3 Å². The van der Waals surface area contributed by atoms with E-state index in [4.69, 9.17) is 9.72 Å². The van der Waals surface area contributed by atoms with Crippen LogP contribution in [0.3, 0.4) is 0 Å². The molecule has 14 heteroatoms. The number of rotatable bonds is 9. The van der Waals surface area contributed by atoms with Crippen molar-refractivity contribution in [2.75, 3.05) is 27.3 Å². The number of hydrogen-bond donors (Lipinski definition) is 4. The Morgan fingerprint density at radius 2 is 1.15 bits per heavy atom. The second-order valence-electron chi connectivity index (χ2n) is 15.2. The molecular formula is C41H48N8O6. The summed E-state index contributed by atoms with van der Waals surface area (Å²) in [6.45, 7) is 4.55. The van der Waals surface area contributed by atoms with Gasteiger partial charge < -0.3 is 39.9 Å². The molecule has 2 aromatic carbocycles. The second-order valence-corrected chi connectivity index (χ2v) is 15.2. The molecule has 0 radical (unpaired) electrons. The summed E-state index contributed by atoms with van der Waals surface area (Å²) in [7, 11) is 2.56. The molecule has 8 rings (SSSR count). The molecule has 55 heavy (non-hydrogen) atoms. The molecular weight excluding hydrogens is 701 g/mol. The number of imidazole rings is 2. The highest BCUT2D eigenvalue weighted by Gasteiger charge is 2.41. The summed E-state index contributed by atoms with van der Waals surface area (Å²) in [5, 5.41) is 5.17. The van der Waals surface area contributed by atoms with Crippen molar-refractivity contribution < 1.29 is 28.7 Å². The average Bonchev–Trinajstić information content (AvgIpc) is 4.06. The van der Waals surface area contributed by atoms with E-state index >= 15 is 0 Å². The molecule has 2 aliphatic heterocycles. The molecule has 4 amide bonds. The highest BCUT2D eigenvalue weighted by molar-refractivity contribution is 5.87. The van der Waals surface area contributed by atoms with E-state index in [9.17, 15) is 19.2 Å². The third-order valence-corrected chi connectivity index (χ3v) is 12.0. The fraction of sp³-hybridized carbons (Fsp3) is 0.463. The maximum absolute atomic E-state index is 13.3. The second kappa shape index (κ2) is 14.9. The zero-order valence-corrected chi connectivity index (χ0v) is 31.7. The van der Waals surface area contributed by atoms with Crippen LogP contribution in [0.2, 0.25) is 0 Å². The summed E-state index contributed by atoms with van der Waals surface area (Å²) in [5.74, 6) is 2.20. The Morgan fingerprint density at radius 1 is 0.673 bits per heavy atom. The van der Waals surface area contributed by atoms with E-state index in [-0.39, 0.29) is 23.9 Å². The number of carbonyl (C=O) groups is 4. The Kier molecular flexibility index (Phi) is 9.82. The number of amides is 4. The topological polar surface area (TPSA) is 175 Å². The summed E-state index contributed by atoms with van der Waals surface area (Å²) in [4.78, 5) is 70.1. The zero-order valence-electron chi connectivity index (χ0n) is 31.7. The monoisotopic (exact) mass is 748 g/mol. The number of nitrogens with one attached hydrogen (secondary N) is 4. The predicted octanol–water partition coefficient (Wildman–Crippen LogP) is 6.31. The van der Waals surface area contributed by atoms with Crippen LogP contribution in [0.1, 0.15) is 105 Å². The van der Waals surface area contributed by atoms with Crippen molar-refractivity contribution in [1.82, 2.24) is 40.4 Å². The molecule has 3 fully saturated rings. The lowest BCUT2D eigenvalue weighted by Crippen LogP contribution is -2.46. The average molecular weight is 749 g/mol. The number of nitrogens with zero attached hydrogens (tertiary/aromatic N) is 4. The summed E-state index contributed by atoms with van der Waals surface area (Å²) in [5.41, 5.74) is 9.31.